The molecule has 0 aromatic heterocycles. The Morgan fingerprint density at radius 3 is 2.78 bits per heavy atom. The number of hydrogen-bond acceptors (Lipinski definition) is 5. The molecule has 1 amide bonds. The van der Waals surface area contributed by atoms with Crippen LogP contribution in [0.5, 0.6) is 0 Å². The summed E-state index contributed by atoms with van der Waals surface area (Å²) in [6.07, 6.45) is 0.541. The van der Waals surface area contributed by atoms with Crippen molar-refractivity contribution in [3.8, 4) is 0 Å². The highest BCUT2D eigenvalue weighted by Gasteiger charge is 2.18. The zero-order chi connectivity index (χ0) is 13.7. The molecule has 0 heterocycles. The molecule has 0 spiro atoms. The minimum absolute atomic E-state index is 0.0291. The number of nitro groups is 1. The van der Waals surface area contributed by atoms with Gasteiger partial charge in [0.25, 0.3) is 5.69 Å². The molecule has 0 bridgehead atoms. The largest absolute Gasteiger partial charge is 0.396 e. The van der Waals surface area contributed by atoms with Gasteiger partial charge in [-0.05, 0) is 18.6 Å². The van der Waals surface area contributed by atoms with E-state index in [0.29, 0.717) is 11.3 Å². The Balaban J connectivity index is 3.04. The standard InChI is InChI=1S/C11H14N2O4S/c1-7(4-5-14)18-10-3-2-8(11(12)15)6-9(10)13(16)17/h2-3,6-7,14H,4-5H2,1H3,(H2,12,15). The normalized spacial score (nSPS) is 12.1. The van der Waals surface area contributed by atoms with Gasteiger partial charge in [0, 0.05) is 23.5 Å². The van der Waals surface area contributed by atoms with Gasteiger partial charge < -0.3 is 10.8 Å². The maximum Gasteiger partial charge on any atom is 0.283 e. The van der Waals surface area contributed by atoms with E-state index in [9.17, 15) is 14.9 Å². The van der Waals surface area contributed by atoms with Gasteiger partial charge in [-0.3, -0.25) is 14.9 Å². The van der Waals surface area contributed by atoms with Crippen LogP contribution in [-0.4, -0.2) is 27.8 Å². The maximum absolute atomic E-state index is 11.0. The van der Waals surface area contributed by atoms with Crippen LogP contribution in [0.4, 0.5) is 5.69 Å². The fourth-order valence-corrected chi connectivity index (χ4v) is 2.43. The van der Waals surface area contributed by atoms with Crippen molar-refractivity contribution in [2.45, 2.75) is 23.5 Å². The number of thioether (sulfide) groups is 1. The number of rotatable bonds is 6. The molecule has 1 aromatic rings. The molecule has 0 saturated carbocycles. The van der Waals surface area contributed by atoms with Gasteiger partial charge in [-0.15, -0.1) is 11.8 Å². The molecule has 0 aliphatic rings. The van der Waals surface area contributed by atoms with E-state index in [4.69, 9.17) is 10.8 Å². The Hall–Kier alpha value is -1.60. The third-order valence-corrected chi connectivity index (χ3v) is 3.54. The second kappa shape index (κ2) is 6.36. The fourth-order valence-electron chi connectivity index (χ4n) is 1.37. The summed E-state index contributed by atoms with van der Waals surface area (Å²) < 4.78 is 0. The van der Waals surface area contributed by atoms with Crippen molar-refractivity contribution >= 4 is 23.4 Å². The lowest BCUT2D eigenvalue weighted by Gasteiger charge is -2.10. The first-order valence-corrected chi connectivity index (χ1v) is 6.19. The Labute approximate surface area is 108 Å². The molecule has 0 aliphatic carbocycles. The van der Waals surface area contributed by atoms with Gasteiger partial charge in [-0.1, -0.05) is 6.92 Å². The second-order valence-electron chi connectivity index (χ2n) is 3.74. The predicted octanol–water partition coefficient (Wildman–Crippen LogP) is 1.56. The van der Waals surface area contributed by atoms with E-state index < -0.39 is 10.8 Å². The number of aliphatic hydroxyl groups is 1. The number of nitrogens with zero attached hydrogens (tertiary/aromatic N) is 1. The zero-order valence-corrected chi connectivity index (χ0v) is 10.6. The van der Waals surface area contributed by atoms with Gasteiger partial charge in [0.1, 0.15) is 0 Å². The molecule has 1 atom stereocenters. The van der Waals surface area contributed by atoms with Crippen molar-refractivity contribution in [1.29, 1.82) is 0 Å². The first-order valence-electron chi connectivity index (χ1n) is 5.31. The van der Waals surface area contributed by atoms with Gasteiger partial charge in [-0.2, -0.15) is 0 Å². The van der Waals surface area contributed by atoms with Crippen molar-refractivity contribution in [2.75, 3.05) is 6.61 Å². The van der Waals surface area contributed by atoms with Crippen LogP contribution in [0.1, 0.15) is 23.7 Å². The zero-order valence-electron chi connectivity index (χ0n) is 9.83. The Morgan fingerprint density at radius 2 is 2.28 bits per heavy atom. The SMILES string of the molecule is CC(CCO)Sc1ccc(C(N)=O)cc1[N+](=O)[O-]. The van der Waals surface area contributed by atoms with Crippen molar-refractivity contribution in [1.82, 2.24) is 0 Å². The van der Waals surface area contributed by atoms with Crippen LogP contribution in [-0.2, 0) is 0 Å². The summed E-state index contributed by atoms with van der Waals surface area (Å²) in [5, 5.41) is 19.8. The molecule has 98 valence electrons. The highest BCUT2D eigenvalue weighted by atomic mass is 32.2. The first kappa shape index (κ1) is 14.5. The molecular formula is C11H14N2O4S. The summed E-state index contributed by atoms with van der Waals surface area (Å²) in [4.78, 5) is 21.8. The number of carbonyl (C=O) groups excluding carboxylic acids is 1. The highest BCUT2D eigenvalue weighted by Crippen LogP contribution is 2.33. The number of hydrogen-bond donors (Lipinski definition) is 2. The molecule has 18 heavy (non-hydrogen) atoms. The monoisotopic (exact) mass is 270 g/mol. The second-order valence-corrected chi connectivity index (χ2v) is 5.22. The van der Waals surface area contributed by atoms with E-state index in [2.05, 4.69) is 0 Å². The number of carbonyl (C=O) groups is 1. The summed E-state index contributed by atoms with van der Waals surface area (Å²) in [6, 6.07) is 4.15. The lowest BCUT2D eigenvalue weighted by Crippen LogP contribution is -2.11. The van der Waals surface area contributed by atoms with E-state index in [0.717, 1.165) is 0 Å². The number of amides is 1. The van der Waals surface area contributed by atoms with Crippen LogP contribution in [0.25, 0.3) is 0 Å². The van der Waals surface area contributed by atoms with Gasteiger partial charge >= 0.3 is 0 Å². The van der Waals surface area contributed by atoms with Gasteiger partial charge in [0.15, 0.2) is 0 Å². The summed E-state index contributed by atoms with van der Waals surface area (Å²) >= 11 is 1.29. The van der Waals surface area contributed by atoms with Crippen LogP contribution in [0.15, 0.2) is 23.1 Å². The average Bonchev–Trinajstić information content (AvgIpc) is 2.29. The fraction of sp³-hybridized carbons (Fsp3) is 0.364. The van der Waals surface area contributed by atoms with Crippen LogP contribution in [0.3, 0.4) is 0 Å². The molecule has 6 nitrogen and oxygen atoms in total. The minimum Gasteiger partial charge on any atom is -0.396 e. The van der Waals surface area contributed by atoms with Crippen LogP contribution >= 0.6 is 11.8 Å². The van der Waals surface area contributed by atoms with Gasteiger partial charge in [0.05, 0.1) is 9.82 Å². The van der Waals surface area contributed by atoms with Crippen molar-refractivity contribution in [2.24, 2.45) is 5.73 Å². The molecule has 0 radical (unpaired) electrons. The van der Waals surface area contributed by atoms with Crippen LogP contribution in [0, 0.1) is 10.1 Å². The topological polar surface area (TPSA) is 106 Å². The lowest BCUT2D eigenvalue weighted by molar-refractivity contribution is -0.387. The van der Waals surface area contributed by atoms with E-state index in [1.807, 2.05) is 6.92 Å². The molecule has 1 aromatic carbocycles. The third-order valence-electron chi connectivity index (χ3n) is 2.30. The molecule has 7 heteroatoms. The third kappa shape index (κ3) is 3.71. The Kier molecular flexibility index (Phi) is 5.11. The van der Waals surface area contributed by atoms with E-state index in [-0.39, 0.29) is 23.1 Å². The minimum atomic E-state index is -0.696. The molecule has 1 rings (SSSR count). The number of nitrogens with two attached hydrogens (primary N) is 1. The van der Waals surface area contributed by atoms with Crippen molar-refractivity contribution < 1.29 is 14.8 Å². The molecule has 0 aliphatic heterocycles. The summed E-state index contributed by atoms with van der Waals surface area (Å²) in [6.45, 7) is 1.90. The summed E-state index contributed by atoms with van der Waals surface area (Å²) in [5.74, 6) is -0.696. The molecule has 0 fully saturated rings. The number of nitro benzene ring substituents is 1. The average molecular weight is 270 g/mol. The molecule has 3 N–H and O–H groups in total. The predicted molar refractivity (Wildman–Crippen MR) is 68.6 cm³/mol. The van der Waals surface area contributed by atoms with Crippen LogP contribution in [0.2, 0.25) is 0 Å². The molecular weight excluding hydrogens is 256 g/mol. The number of primary amides is 1. The summed E-state index contributed by atoms with van der Waals surface area (Å²) in [7, 11) is 0. The highest BCUT2D eigenvalue weighted by molar-refractivity contribution is 8.00. The van der Waals surface area contributed by atoms with Crippen molar-refractivity contribution in [3.63, 3.8) is 0 Å². The van der Waals surface area contributed by atoms with Crippen molar-refractivity contribution in [3.05, 3.63) is 33.9 Å². The van der Waals surface area contributed by atoms with Crippen LogP contribution < -0.4 is 5.73 Å². The molecule has 0 saturated heterocycles. The smallest absolute Gasteiger partial charge is 0.283 e. The number of benzene rings is 1. The molecule has 1 unspecified atom stereocenters. The lowest BCUT2D eigenvalue weighted by atomic mass is 10.2. The van der Waals surface area contributed by atoms with E-state index >= 15 is 0 Å². The van der Waals surface area contributed by atoms with Gasteiger partial charge in [0.2, 0.25) is 5.91 Å². The Bertz CT molecular complexity index is 464. The van der Waals surface area contributed by atoms with E-state index in [1.165, 1.54) is 30.0 Å². The van der Waals surface area contributed by atoms with E-state index in [1.54, 1.807) is 0 Å². The first-order chi connectivity index (χ1) is 8.45. The quantitative estimate of drug-likeness (QED) is 0.463. The summed E-state index contributed by atoms with van der Waals surface area (Å²) in [5.41, 5.74) is 5.05. The maximum atomic E-state index is 11.0. The van der Waals surface area contributed by atoms with Gasteiger partial charge in [-0.25, -0.2) is 0 Å². The Morgan fingerprint density at radius 1 is 1.61 bits per heavy atom. The number of aliphatic hydroxyl groups excluding tert-OH is 1.